The zero-order chi connectivity index (χ0) is 10.3. The molecule has 14 heavy (non-hydrogen) atoms. The molecule has 0 heterocycles. The van der Waals surface area contributed by atoms with E-state index in [2.05, 4.69) is 6.92 Å². The van der Waals surface area contributed by atoms with Crippen LogP contribution in [0.2, 0.25) is 5.02 Å². The Labute approximate surface area is 89.7 Å². The van der Waals surface area contributed by atoms with Crippen molar-refractivity contribution in [3.8, 4) is 0 Å². The van der Waals surface area contributed by atoms with E-state index in [0.717, 1.165) is 17.9 Å². The summed E-state index contributed by atoms with van der Waals surface area (Å²) < 4.78 is 0. The van der Waals surface area contributed by atoms with Crippen molar-refractivity contribution < 1.29 is 5.11 Å². The molecule has 1 aromatic carbocycles. The number of aliphatic hydroxyl groups excluding tert-OH is 1. The first-order chi connectivity index (χ1) is 6.56. The summed E-state index contributed by atoms with van der Waals surface area (Å²) in [5.74, 6) is 0. The number of aryl methyl sites for hydroxylation is 1. The van der Waals surface area contributed by atoms with E-state index < -0.39 is 0 Å². The Balaban J connectivity index is 2.46. The molecule has 1 aliphatic rings. The molecule has 76 valence electrons. The van der Waals surface area contributed by atoms with Crippen molar-refractivity contribution in [3.05, 3.63) is 34.3 Å². The number of rotatable bonds is 2. The van der Waals surface area contributed by atoms with Crippen molar-refractivity contribution in [2.75, 3.05) is 0 Å². The van der Waals surface area contributed by atoms with Crippen molar-refractivity contribution >= 4 is 11.6 Å². The van der Waals surface area contributed by atoms with E-state index in [1.54, 1.807) is 0 Å². The second-order valence-electron chi connectivity index (χ2n) is 4.29. The van der Waals surface area contributed by atoms with Crippen molar-refractivity contribution in [1.29, 1.82) is 0 Å². The molecule has 2 heteroatoms. The van der Waals surface area contributed by atoms with Gasteiger partial charge in [0.2, 0.25) is 0 Å². The number of aliphatic hydroxyl groups is 1. The number of hydrogen-bond donors (Lipinski definition) is 1. The van der Waals surface area contributed by atoms with Gasteiger partial charge in [-0.3, -0.25) is 0 Å². The first kappa shape index (κ1) is 10.0. The largest absolute Gasteiger partial charge is 0.392 e. The molecule has 1 atom stereocenters. The van der Waals surface area contributed by atoms with Gasteiger partial charge in [-0.05, 0) is 49.9 Å². The minimum absolute atomic E-state index is 0.00498. The lowest BCUT2D eigenvalue weighted by atomic mass is 9.88. The van der Waals surface area contributed by atoms with Crippen LogP contribution in [0.4, 0.5) is 0 Å². The fourth-order valence-corrected chi connectivity index (χ4v) is 2.35. The van der Waals surface area contributed by atoms with Crippen LogP contribution in [-0.2, 0) is 5.41 Å². The zero-order valence-corrected chi connectivity index (χ0v) is 9.30. The molecule has 1 aromatic rings. The van der Waals surface area contributed by atoms with Crippen LogP contribution in [0.25, 0.3) is 0 Å². The van der Waals surface area contributed by atoms with Crippen LogP contribution in [0.15, 0.2) is 18.2 Å². The average Bonchev–Trinajstić information content (AvgIpc) is 2.90. The lowest BCUT2D eigenvalue weighted by Gasteiger charge is -2.21. The maximum Gasteiger partial charge on any atom is 0.0608 e. The SMILES string of the molecule is Cc1ccc(Cl)cc1C1(C(C)O)CC1. The Bertz CT molecular complexity index is 353. The van der Waals surface area contributed by atoms with Gasteiger partial charge in [-0.25, -0.2) is 0 Å². The third kappa shape index (κ3) is 1.45. The van der Waals surface area contributed by atoms with E-state index in [1.165, 1.54) is 11.1 Å². The van der Waals surface area contributed by atoms with E-state index in [1.807, 2.05) is 25.1 Å². The molecule has 0 spiro atoms. The van der Waals surface area contributed by atoms with Crippen molar-refractivity contribution in [2.45, 2.75) is 38.2 Å². The fourth-order valence-electron chi connectivity index (χ4n) is 2.18. The van der Waals surface area contributed by atoms with Gasteiger partial charge in [0.05, 0.1) is 6.10 Å². The maximum absolute atomic E-state index is 9.77. The third-order valence-electron chi connectivity index (χ3n) is 3.32. The molecule has 2 rings (SSSR count). The molecule has 0 aromatic heterocycles. The predicted molar refractivity (Wildman–Crippen MR) is 58.8 cm³/mol. The smallest absolute Gasteiger partial charge is 0.0608 e. The lowest BCUT2D eigenvalue weighted by molar-refractivity contribution is 0.150. The van der Waals surface area contributed by atoms with E-state index >= 15 is 0 Å². The molecule has 1 N–H and O–H groups in total. The normalized spacial score (nSPS) is 20.6. The van der Waals surface area contributed by atoms with E-state index in [4.69, 9.17) is 11.6 Å². The summed E-state index contributed by atoms with van der Waals surface area (Å²) in [6.07, 6.45) is 1.87. The van der Waals surface area contributed by atoms with Crippen molar-refractivity contribution in [2.24, 2.45) is 0 Å². The van der Waals surface area contributed by atoms with Crippen molar-refractivity contribution in [3.63, 3.8) is 0 Å². The van der Waals surface area contributed by atoms with Gasteiger partial charge in [-0.2, -0.15) is 0 Å². The molecular weight excluding hydrogens is 196 g/mol. The van der Waals surface area contributed by atoms with Gasteiger partial charge in [-0.1, -0.05) is 17.7 Å². The summed E-state index contributed by atoms with van der Waals surface area (Å²) in [5.41, 5.74) is 2.45. The van der Waals surface area contributed by atoms with Gasteiger partial charge in [0.1, 0.15) is 0 Å². The van der Waals surface area contributed by atoms with Crippen LogP contribution >= 0.6 is 11.6 Å². The third-order valence-corrected chi connectivity index (χ3v) is 3.56. The summed E-state index contributed by atoms with van der Waals surface area (Å²) >= 11 is 5.97. The molecule has 1 nitrogen and oxygen atoms in total. The summed E-state index contributed by atoms with van der Waals surface area (Å²) in [5, 5.41) is 10.5. The van der Waals surface area contributed by atoms with Crippen LogP contribution in [-0.4, -0.2) is 11.2 Å². The van der Waals surface area contributed by atoms with Crippen LogP contribution in [0.1, 0.15) is 30.9 Å². The quantitative estimate of drug-likeness (QED) is 0.796. The molecule has 0 amide bonds. The Morgan fingerprint density at radius 3 is 2.57 bits per heavy atom. The van der Waals surface area contributed by atoms with Crippen LogP contribution < -0.4 is 0 Å². The molecule has 1 fully saturated rings. The molecule has 1 saturated carbocycles. The minimum Gasteiger partial charge on any atom is -0.392 e. The lowest BCUT2D eigenvalue weighted by Crippen LogP contribution is -2.23. The first-order valence-electron chi connectivity index (χ1n) is 5.01. The van der Waals surface area contributed by atoms with Crippen molar-refractivity contribution in [1.82, 2.24) is 0 Å². The van der Waals surface area contributed by atoms with Gasteiger partial charge in [0.25, 0.3) is 0 Å². The molecule has 0 aliphatic heterocycles. The van der Waals surface area contributed by atoms with E-state index in [9.17, 15) is 5.11 Å². The van der Waals surface area contributed by atoms with Gasteiger partial charge in [0, 0.05) is 10.4 Å². The van der Waals surface area contributed by atoms with Gasteiger partial charge < -0.3 is 5.11 Å². The fraction of sp³-hybridized carbons (Fsp3) is 0.500. The highest BCUT2D eigenvalue weighted by atomic mass is 35.5. The topological polar surface area (TPSA) is 20.2 Å². The molecule has 1 unspecified atom stereocenters. The predicted octanol–water partition coefficient (Wildman–Crippen LogP) is 3.06. The number of benzene rings is 1. The number of hydrogen-bond acceptors (Lipinski definition) is 1. The Morgan fingerprint density at radius 1 is 1.43 bits per heavy atom. The Kier molecular flexibility index (Phi) is 2.32. The van der Waals surface area contributed by atoms with Crippen LogP contribution in [0.3, 0.4) is 0 Å². The van der Waals surface area contributed by atoms with Gasteiger partial charge in [0.15, 0.2) is 0 Å². The van der Waals surface area contributed by atoms with Gasteiger partial charge in [-0.15, -0.1) is 0 Å². The summed E-state index contributed by atoms with van der Waals surface area (Å²) in [6, 6.07) is 5.93. The second kappa shape index (κ2) is 3.25. The van der Waals surface area contributed by atoms with Gasteiger partial charge >= 0.3 is 0 Å². The summed E-state index contributed by atoms with van der Waals surface area (Å²) in [7, 11) is 0. The first-order valence-corrected chi connectivity index (χ1v) is 5.39. The molecule has 0 radical (unpaired) electrons. The monoisotopic (exact) mass is 210 g/mol. The number of halogens is 1. The van der Waals surface area contributed by atoms with E-state index in [-0.39, 0.29) is 11.5 Å². The van der Waals surface area contributed by atoms with Crippen LogP contribution in [0.5, 0.6) is 0 Å². The summed E-state index contributed by atoms with van der Waals surface area (Å²) in [4.78, 5) is 0. The second-order valence-corrected chi connectivity index (χ2v) is 4.73. The van der Waals surface area contributed by atoms with Crippen LogP contribution in [0, 0.1) is 6.92 Å². The highest BCUT2D eigenvalue weighted by molar-refractivity contribution is 6.30. The molecular formula is C12H15ClO. The standard InChI is InChI=1S/C12H15ClO/c1-8-3-4-10(13)7-11(8)12(5-6-12)9(2)14/h3-4,7,9,14H,5-6H2,1-2H3. The zero-order valence-electron chi connectivity index (χ0n) is 8.55. The van der Waals surface area contributed by atoms with E-state index in [0.29, 0.717) is 0 Å². The minimum atomic E-state index is -0.278. The molecule has 1 aliphatic carbocycles. The Hall–Kier alpha value is -0.530. The highest BCUT2D eigenvalue weighted by Gasteiger charge is 2.49. The average molecular weight is 211 g/mol. The summed E-state index contributed by atoms with van der Waals surface area (Å²) in [6.45, 7) is 3.95. The molecule has 0 saturated heterocycles. The Morgan fingerprint density at radius 2 is 2.07 bits per heavy atom. The molecule has 0 bridgehead atoms. The highest BCUT2D eigenvalue weighted by Crippen LogP contribution is 2.52. The maximum atomic E-state index is 9.77.